The third kappa shape index (κ3) is 3.46. The lowest BCUT2D eigenvalue weighted by Crippen LogP contribution is -2.17. The molecule has 0 fully saturated rings. The van der Waals surface area contributed by atoms with Crippen LogP contribution in [0.2, 0.25) is 0 Å². The third-order valence-corrected chi connectivity index (χ3v) is 4.14. The Hall–Kier alpha value is -3.80. The molecule has 0 saturated heterocycles. The van der Waals surface area contributed by atoms with Gasteiger partial charge in [0.05, 0.1) is 0 Å². The average Bonchev–Trinajstić information content (AvgIpc) is 3.20. The summed E-state index contributed by atoms with van der Waals surface area (Å²) >= 11 is 0. The zero-order valence-electron chi connectivity index (χ0n) is 14.2. The van der Waals surface area contributed by atoms with Gasteiger partial charge in [-0.15, -0.1) is 0 Å². The van der Waals surface area contributed by atoms with Crippen molar-refractivity contribution in [1.29, 1.82) is 0 Å². The molecule has 131 valence electrons. The molecule has 1 aliphatic heterocycles. The van der Waals surface area contributed by atoms with Crippen molar-refractivity contribution in [3.63, 3.8) is 0 Å². The van der Waals surface area contributed by atoms with Crippen LogP contribution in [0, 0.1) is 5.82 Å². The molecule has 4 rings (SSSR count). The number of hydrogen-bond donors (Lipinski definition) is 2. The summed E-state index contributed by atoms with van der Waals surface area (Å²) in [7, 11) is 0. The molecule has 1 radical (unpaired) electrons. The quantitative estimate of drug-likeness (QED) is 0.734. The van der Waals surface area contributed by atoms with Gasteiger partial charge in [0.1, 0.15) is 16.6 Å². The van der Waals surface area contributed by atoms with Crippen LogP contribution in [-0.4, -0.2) is 5.91 Å². The Morgan fingerprint density at radius 1 is 0.926 bits per heavy atom. The molecule has 3 aromatic rings. The van der Waals surface area contributed by atoms with Crippen molar-refractivity contribution in [1.82, 2.24) is 10.6 Å². The molecule has 0 unspecified atom stereocenters. The number of carbonyl (C=O) groups is 1. The van der Waals surface area contributed by atoms with Crippen molar-refractivity contribution in [2.75, 3.05) is 5.32 Å². The van der Waals surface area contributed by atoms with E-state index in [1.54, 1.807) is 12.1 Å². The van der Waals surface area contributed by atoms with Gasteiger partial charge in [-0.2, -0.15) is 0 Å². The van der Waals surface area contributed by atoms with Crippen LogP contribution < -0.4 is 16.0 Å². The van der Waals surface area contributed by atoms with Crippen LogP contribution in [0.3, 0.4) is 0 Å². The van der Waals surface area contributed by atoms with Gasteiger partial charge in [-0.3, -0.25) is 4.79 Å². The van der Waals surface area contributed by atoms with Crippen molar-refractivity contribution in [3.05, 3.63) is 101 Å². The van der Waals surface area contributed by atoms with Gasteiger partial charge in [0, 0.05) is 22.4 Å². The maximum Gasteiger partial charge on any atom is 0.331 e. The molecule has 1 amide bonds. The van der Waals surface area contributed by atoms with Crippen LogP contribution >= 0.6 is 0 Å². The highest BCUT2D eigenvalue weighted by Gasteiger charge is 2.27. The van der Waals surface area contributed by atoms with Gasteiger partial charge in [-0.25, -0.2) is 4.39 Å². The van der Waals surface area contributed by atoms with Gasteiger partial charge < -0.3 is 5.32 Å². The molecule has 0 saturated carbocycles. The van der Waals surface area contributed by atoms with Crippen LogP contribution in [0.25, 0.3) is 11.4 Å². The summed E-state index contributed by atoms with van der Waals surface area (Å²) in [5.74, 6) is -0.657. The van der Waals surface area contributed by atoms with Crippen molar-refractivity contribution in [2.24, 2.45) is 5.11 Å². The fourth-order valence-corrected chi connectivity index (χ4v) is 2.84. The summed E-state index contributed by atoms with van der Waals surface area (Å²) in [4.78, 5) is 12.8. The van der Waals surface area contributed by atoms with Crippen LogP contribution in [0.1, 0.15) is 21.5 Å². The summed E-state index contributed by atoms with van der Waals surface area (Å²) in [5, 5.41) is 10.9. The zero-order chi connectivity index (χ0) is 18.6. The number of hydrogen-bond acceptors (Lipinski definition) is 4. The number of anilines is 1. The van der Waals surface area contributed by atoms with E-state index < -0.39 is 0 Å². The van der Waals surface area contributed by atoms with Crippen molar-refractivity contribution in [3.8, 4) is 0 Å². The van der Waals surface area contributed by atoms with Gasteiger partial charge in [0.2, 0.25) is 0 Å². The lowest BCUT2D eigenvalue weighted by Gasteiger charge is -2.10. The number of nitrogens with zero attached hydrogens (tertiary/aromatic N) is 2. The third-order valence-electron chi connectivity index (χ3n) is 4.14. The van der Waals surface area contributed by atoms with Gasteiger partial charge in [0.25, 0.3) is 5.91 Å². The van der Waals surface area contributed by atoms with E-state index in [4.69, 9.17) is 0 Å². The van der Waals surface area contributed by atoms with E-state index in [0.29, 0.717) is 28.2 Å². The Morgan fingerprint density at radius 2 is 1.63 bits per heavy atom. The molecular weight excluding hydrogens is 343 g/mol. The average molecular weight is 358 g/mol. The first kappa shape index (κ1) is 16.7. The second-order valence-electron chi connectivity index (χ2n) is 5.91. The van der Waals surface area contributed by atoms with Crippen molar-refractivity contribution >= 4 is 23.0 Å². The highest BCUT2D eigenvalue weighted by atomic mass is 19.1. The molecule has 3 aromatic carbocycles. The first-order valence-electron chi connectivity index (χ1n) is 8.35. The lowest BCUT2D eigenvalue weighted by atomic mass is 10.0. The monoisotopic (exact) mass is 358 g/mol. The Kier molecular flexibility index (Phi) is 4.45. The van der Waals surface area contributed by atoms with Gasteiger partial charge in [0.15, 0.2) is 5.70 Å². The number of carbonyl (C=O) groups excluding carboxylic acids is 1. The Balaban J connectivity index is 1.71. The molecule has 0 aliphatic carbocycles. The number of amides is 1. The van der Waals surface area contributed by atoms with Crippen LogP contribution in [-0.2, 0) is 0 Å². The van der Waals surface area contributed by atoms with Crippen molar-refractivity contribution < 1.29 is 9.18 Å². The molecule has 0 spiro atoms. The zero-order valence-corrected chi connectivity index (χ0v) is 14.2. The summed E-state index contributed by atoms with van der Waals surface area (Å²) < 4.78 is 13.1. The van der Waals surface area contributed by atoms with E-state index in [0.717, 1.165) is 5.56 Å². The minimum atomic E-state index is -0.357. The molecule has 1 aliphatic rings. The van der Waals surface area contributed by atoms with E-state index >= 15 is 0 Å². The summed E-state index contributed by atoms with van der Waals surface area (Å²) in [6.07, 6.45) is 0. The SMILES string of the molecule is O=C(Nc1ccc(F)cc1)c1ccccc1C1=C(c2ccccc2)N=[N+]N1. The minimum Gasteiger partial charge on any atom is -0.322 e. The fraction of sp³-hybridized carbons (Fsp3) is 0. The van der Waals surface area contributed by atoms with Crippen molar-refractivity contribution in [2.45, 2.75) is 0 Å². The van der Waals surface area contributed by atoms with E-state index in [-0.39, 0.29) is 11.7 Å². The van der Waals surface area contributed by atoms with Gasteiger partial charge >= 0.3 is 5.22 Å². The normalized spacial score (nSPS) is 12.8. The number of benzene rings is 3. The maximum atomic E-state index is 13.1. The van der Waals surface area contributed by atoms with E-state index in [1.807, 2.05) is 42.5 Å². The standard InChI is InChI=1S/C21H15FN4O/c22-15-10-12-16(13-11-15)23-21(27)18-9-5-4-8-17(18)20-19(24-26-25-20)14-6-2-1-3-7-14/h1-13H,(H,23,27)(H,24,25)/q+1. The fourth-order valence-electron chi connectivity index (χ4n) is 2.84. The molecule has 5 nitrogen and oxygen atoms in total. The number of rotatable bonds is 4. The first-order chi connectivity index (χ1) is 13.2. The van der Waals surface area contributed by atoms with Crippen LogP contribution in [0.15, 0.2) is 84.0 Å². The highest BCUT2D eigenvalue weighted by molar-refractivity contribution is 6.09. The summed E-state index contributed by atoms with van der Waals surface area (Å²) in [6.45, 7) is 0. The predicted octanol–water partition coefficient (Wildman–Crippen LogP) is 4.21. The Bertz CT molecular complexity index is 1040. The molecular formula is C21H15FN4O+. The smallest absolute Gasteiger partial charge is 0.322 e. The summed E-state index contributed by atoms with van der Waals surface area (Å²) in [6, 6.07) is 22.5. The molecule has 1 heterocycles. The topological polar surface area (TPSA) is 67.6 Å². The Labute approximate surface area is 155 Å². The van der Waals surface area contributed by atoms with Crippen LogP contribution in [0.4, 0.5) is 10.1 Å². The lowest BCUT2D eigenvalue weighted by molar-refractivity contribution is 0.102. The summed E-state index contributed by atoms with van der Waals surface area (Å²) in [5.41, 5.74) is 6.78. The molecule has 27 heavy (non-hydrogen) atoms. The molecule has 0 aromatic heterocycles. The molecule has 0 atom stereocenters. The number of nitrogens with one attached hydrogen (secondary N) is 2. The molecule has 2 N–H and O–H groups in total. The molecule has 0 bridgehead atoms. The first-order valence-corrected chi connectivity index (χ1v) is 8.35. The van der Waals surface area contributed by atoms with Gasteiger partial charge in [-0.05, 0) is 30.3 Å². The second-order valence-corrected chi connectivity index (χ2v) is 5.91. The minimum absolute atomic E-state index is 0.300. The number of halogens is 1. The Morgan fingerprint density at radius 3 is 2.41 bits per heavy atom. The predicted molar refractivity (Wildman–Crippen MR) is 102 cm³/mol. The van der Waals surface area contributed by atoms with Crippen LogP contribution in [0.5, 0.6) is 0 Å². The van der Waals surface area contributed by atoms with Gasteiger partial charge in [-0.1, -0.05) is 54.0 Å². The second kappa shape index (κ2) is 7.21. The van der Waals surface area contributed by atoms with E-state index in [9.17, 15) is 9.18 Å². The maximum absolute atomic E-state index is 13.1. The largest absolute Gasteiger partial charge is 0.331 e. The molecule has 6 heteroatoms. The van der Waals surface area contributed by atoms with E-state index in [1.165, 1.54) is 24.3 Å². The highest BCUT2D eigenvalue weighted by Crippen LogP contribution is 2.29. The van der Waals surface area contributed by atoms with E-state index in [2.05, 4.69) is 21.1 Å².